The highest BCUT2D eigenvalue weighted by molar-refractivity contribution is 6.33. The third-order valence-corrected chi connectivity index (χ3v) is 5.17. The number of carbonyl (C=O) groups is 1. The second-order valence-electron chi connectivity index (χ2n) is 7.34. The fourth-order valence-electron chi connectivity index (χ4n) is 3.14. The van der Waals surface area contributed by atoms with Crippen LogP contribution in [0.2, 0.25) is 5.02 Å². The molecular weight excluding hydrogens is 486 g/mol. The van der Waals surface area contributed by atoms with Gasteiger partial charge in [-0.15, -0.1) is 0 Å². The molecule has 12 heteroatoms. The van der Waals surface area contributed by atoms with Crippen LogP contribution in [0.25, 0.3) is 16.9 Å². The number of hydrogen-bond acceptors (Lipinski definition) is 3. The quantitative estimate of drug-likeness (QED) is 0.322. The summed E-state index contributed by atoms with van der Waals surface area (Å²) in [5.74, 6) is -1.06. The van der Waals surface area contributed by atoms with E-state index < -0.39 is 35.2 Å². The van der Waals surface area contributed by atoms with E-state index in [1.807, 2.05) is 6.92 Å². The molecule has 0 aliphatic carbocycles. The molecule has 4 rings (SSSR count). The topological polar surface area (TPSA) is 59.3 Å². The van der Waals surface area contributed by atoms with Gasteiger partial charge in [-0.1, -0.05) is 41.4 Å². The maximum Gasteiger partial charge on any atom is 0.433 e. The van der Waals surface area contributed by atoms with Gasteiger partial charge in [0, 0.05) is 11.6 Å². The number of aryl methyl sites for hydroxylation is 1. The predicted molar refractivity (Wildman–Crippen MR) is 113 cm³/mol. The van der Waals surface area contributed by atoms with Crippen LogP contribution in [0.3, 0.4) is 0 Å². The first-order chi connectivity index (χ1) is 15.8. The summed E-state index contributed by atoms with van der Waals surface area (Å²) in [7, 11) is 0. The average Bonchev–Trinajstić information content (AvgIpc) is 3.18. The largest absolute Gasteiger partial charge is 0.433 e. The Morgan fingerprint density at radius 2 is 1.62 bits per heavy atom. The normalized spacial score (nSPS) is 12.2. The van der Waals surface area contributed by atoms with Crippen molar-refractivity contribution in [2.45, 2.75) is 19.3 Å². The van der Waals surface area contributed by atoms with Gasteiger partial charge in [0.15, 0.2) is 17.0 Å². The van der Waals surface area contributed by atoms with E-state index >= 15 is 0 Å². The molecule has 0 aliphatic rings. The van der Waals surface area contributed by atoms with E-state index in [0.29, 0.717) is 16.1 Å². The van der Waals surface area contributed by atoms with Crippen molar-refractivity contribution in [1.82, 2.24) is 14.6 Å². The Hall–Kier alpha value is -3.60. The number of anilines is 1. The van der Waals surface area contributed by atoms with E-state index in [1.165, 1.54) is 0 Å². The first-order valence-electron chi connectivity index (χ1n) is 9.56. The summed E-state index contributed by atoms with van der Waals surface area (Å²) >= 11 is 5.87. The van der Waals surface area contributed by atoms with Crippen LogP contribution in [0.1, 0.15) is 27.3 Å². The Labute approximate surface area is 193 Å². The summed E-state index contributed by atoms with van der Waals surface area (Å²) < 4.78 is 80.6. The first kappa shape index (κ1) is 23.6. The zero-order valence-electron chi connectivity index (χ0n) is 17.1. The minimum absolute atomic E-state index is 0.00704. The fraction of sp³-hybridized carbons (Fsp3) is 0.136. The molecule has 2 aromatic carbocycles. The van der Waals surface area contributed by atoms with Crippen LogP contribution >= 0.6 is 11.6 Å². The molecule has 0 unspecified atom stereocenters. The van der Waals surface area contributed by atoms with E-state index in [2.05, 4.69) is 15.4 Å². The maximum atomic E-state index is 13.7. The zero-order chi connectivity index (χ0) is 24.8. The molecule has 5 nitrogen and oxygen atoms in total. The predicted octanol–water partition coefficient (Wildman–Crippen LogP) is 6.65. The van der Waals surface area contributed by atoms with Gasteiger partial charge in [-0.3, -0.25) is 4.79 Å². The van der Waals surface area contributed by atoms with Crippen LogP contribution in [-0.4, -0.2) is 20.5 Å². The summed E-state index contributed by atoms with van der Waals surface area (Å²) in [6.45, 7) is 1.82. The molecule has 0 aliphatic heterocycles. The van der Waals surface area contributed by atoms with Crippen molar-refractivity contribution in [1.29, 1.82) is 0 Å². The summed E-state index contributed by atoms with van der Waals surface area (Å²) in [5, 5.41) is 5.64. The van der Waals surface area contributed by atoms with E-state index in [-0.39, 0.29) is 22.1 Å². The summed E-state index contributed by atoms with van der Waals surface area (Å²) in [5.41, 5.74) is -2.05. The minimum Gasteiger partial charge on any atom is -0.319 e. The van der Waals surface area contributed by atoms with Crippen molar-refractivity contribution >= 4 is 28.8 Å². The first-order valence-corrected chi connectivity index (χ1v) is 9.94. The van der Waals surface area contributed by atoms with Crippen molar-refractivity contribution in [2.24, 2.45) is 0 Å². The third kappa shape index (κ3) is 4.69. The Balaban J connectivity index is 1.76. The molecule has 0 spiro atoms. The maximum absolute atomic E-state index is 13.7. The Morgan fingerprint density at radius 3 is 2.24 bits per heavy atom. The highest BCUT2D eigenvalue weighted by Crippen LogP contribution is 2.35. The van der Waals surface area contributed by atoms with Gasteiger partial charge >= 0.3 is 12.4 Å². The van der Waals surface area contributed by atoms with E-state index in [0.717, 1.165) is 29.8 Å². The number of nitrogens with zero attached hydrogens (tertiary/aromatic N) is 3. The third-order valence-electron chi connectivity index (χ3n) is 4.84. The molecule has 0 saturated carbocycles. The Kier molecular flexibility index (Phi) is 5.76. The Bertz CT molecular complexity index is 1390. The molecule has 4 aromatic rings. The number of benzene rings is 2. The number of aromatic nitrogens is 3. The molecule has 0 fully saturated rings. The van der Waals surface area contributed by atoms with Crippen molar-refractivity contribution in [2.75, 3.05) is 5.32 Å². The van der Waals surface area contributed by atoms with Crippen LogP contribution in [0.15, 0.2) is 54.6 Å². The highest BCUT2D eigenvalue weighted by atomic mass is 35.5. The van der Waals surface area contributed by atoms with Crippen molar-refractivity contribution in [3.8, 4) is 11.3 Å². The molecule has 2 aromatic heterocycles. The number of carbonyl (C=O) groups excluding carboxylic acids is 1. The Morgan fingerprint density at radius 1 is 0.941 bits per heavy atom. The van der Waals surface area contributed by atoms with E-state index in [1.54, 1.807) is 24.3 Å². The van der Waals surface area contributed by atoms with Gasteiger partial charge in [0.2, 0.25) is 0 Å². The zero-order valence-corrected chi connectivity index (χ0v) is 17.8. The number of rotatable bonds is 3. The smallest absolute Gasteiger partial charge is 0.319 e. The number of fused-ring (bicyclic) bond motifs is 1. The van der Waals surface area contributed by atoms with Gasteiger partial charge in [-0.25, -0.2) is 9.50 Å². The highest BCUT2D eigenvalue weighted by Gasteiger charge is 2.36. The number of halogens is 7. The van der Waals surface area contributed by atoms with Crippen LogP contribution in [-0.2, 0) is 12.4 Å². The van der Waals surface area contributed by atoms with Crippen LogP contribution < -0.4 is 5.32 Å². The molecule has 2 heterocycles. The van der Waals surface area contributed by atoms with Gasteiger partial charge in [0.1, 0.15) is 0 Å². The fourth-order valence-corrected chi connectivity index (χ4v) is 3.31. The van der Waals surface area contributed by atoms with Crippen molar-refractivity contribution < 1.29 is 31.1 Å². The SMILES string of the molecule is Cc1ccc(-c2cc(C(F)(F)F)n3nc(C(=O)Nc4cc(C(F)(F)F)ccc4Cl)cc3n2)cc1. The molecule has 176 valence electrons. The van der Waals surface area contributed by atoms with Gasteiger partial charge < -0.3 is 5.32 Å². The standard InChI is InChI=1S/C22H13ClF6N4O/c1-11-2-4-12(5-3-11)15-9-18(22(27,28)29)33-19(30-15)10-17(32-33)20(34)31-16-8-13(21(24,25)26)6-7-14(16)23/h2-10H,1H3,(H,31,34). The summed E-state index contributed by atoms with van der Waals surface area (Å²) in [4.78, 5) is 16.8. The van der Waals surface area contributed by atoms with Gasteiger partial charge in [0.05, 0.1) is 22.0 Å². The molecule has 0 radical (unpaired) electrons. The van der Waals surface area contributed by atoms with Crippen LogP contribution in [0.4, 0.5) is 32.0 Å². The molecular formula is C22H13ClF6N4O. The molecule has 1 N–H and O–H groups in total. The molecule has 34 heavy (non-hydrogen) atoms. The second kappa shape index (κ2) is 8.32. The van der Waals surface area contributed by atoms with Crippen molar-refractivity contribution in [3.63, 3.8) is 0 Å². The molecule has 0 bridgehead atoms. The monoisotopic (exact) mass is 498 g/mol. The lowest BCUT2D eigenvalue weighted by Gasteiger charge is -2.11. The number of amides is 1. The lowest BCUT2D eigenvalue weighted by molar-refractivity contribution is -0.142. The number of hydrogen-bond donors (Lipinski definition) is 1. The van der Waals surface area contributed by atoms with Crippen molar-refractivity contribution in [3.05, 3.63) is 82.1 Å². The lowest BCUT2D eigenvalue weighted by Crippen LogP contribution is -2.16. The van der Waals surface area contributed by atoms with Crippen LogP contribution in [0, 0.1) is 6.92 Å². The average molecular weight is 499 g/mol. The molecule has 0 atom stereocenters. The second-order valence-corrected chi connectivity index (χ2v) is 7.74. The number of nitrogens with one attached hydrogen (secondary N) is 1. The number of alkyl halides is 6. The molecule has 1 amide bonds. The van der Waals surface area contributed by atoms with E-state index in [4.69, 9.17) is 11.6 Å². The van der Waals surface area contributed by atoms with Gasteiger partial charge in [-0.2, -0.15) is 31.4 Å². The van der Waals surface area contributed by atoms with Gasteiger partial charge in [0.25, 0.3) is 5.91 Å². The molecule has 0 saturated heterocycles. The van der Waals surface area contributed by atoms with Gasteiger partial charge in [-0.05, 0) is 31.2 Å². The lowest BCUT2D eigenvalue weighted by atomic mass is 10.1. The summed E-state index contributed by atoms with van der Waals surface area (Å²) in [6, 6.07) is 10.7. The summed E-state index contributed by atoms with van der Waals surface area (Å²) in [6.07, 6.45) is -9.52. The van der Waals surface area contributed by atoms with E-state index in [9.17, 15) is 31.1 Å². The van der Waals surface area contributed by atoms with Crippen LogP contribution in [0.5, 0.6) is 0 Å². The minimum atomic E-state index is -4.83.